The minimum Gasteiger partial charge on any atom is -0.490 e. The summed E-state index contributed by atoms with van der Waals surface area (Å²) in [6.45, 7) is 11.9. The van der Waals surface area contributed by atoms with Gasteiger partial charge in [-0.1, -0.05) is 71.7 Å². The van der Waals surface area contributed by atoms with Crippen molar-refractivity contribution in [3.05, 3.63) is 136 Å². The number of amides is 1. The van der Waals surface area contributed by atoms with Crippen LogP contribution in [0.25, 0.3) is 33.2 Å². The maximum atomic E-state index is 14.0. The average Bonchev–Trinajstić information content (AvgIpc) is 3.66. The van der Waals surface area contributed by atoms with Crippen LogP contribution in [0.4, 0.5) is 13.2 Å². The molecule has 348 valence electrons. The fourth-order valence-electron chi connectivity index (χ4n) is 8.93. The Balaban J connectivity index is 0.919. The number of fused-ring (bicyclic) bond motifs is 1. The molecule has 0 bridgehead atoms. The second kappa shape index (κ2) is 21.2. The molecule has 2 fully saturated rings. The number of para-hydroxylation sites is 1. The van der Waals surface area contributed by atoms with Gasteiger partial charge in [-0.05, 0) is 106 Å². The van der Waals surface area contributed by atoms with E-state index in [0.717, 1.165) is 102 Å². The Morgan fingerprint density at radius 3 is 2.23 bits per heavy atom. The van der Waals surface area contributed by atoms with Crippen molar-refractivity contribution in [1.29, 1.82) is 0 Å². The Morgan fingerprint density at radius 2 is 1.55 bits per heavy atom. The Bertz CT molecular complexity index is 2550. The van der Waals surface area contributed by atoms with Crippen LogP contribution in [0.3, 0.4) is 0 Å². The highest BCUT2D eigenvalue weighted by Gasteiger charge is 2.39. The predicted molar refractivity (Wildman–Crippen MR) is 256 cm³/mol. The minimum absolute atomic E-state index is 0.0299. The number of nitrogens with one attached hydrogen (secondary N) is 3. The monoisotopic (exact) mass is 941 g/mol. The van der Waals surface area contributed by atoms with E-state index in [0.29, 0.717) is 55.5 Å². The Kier molecular flexibility index (Phi) is 15.2. The first kappa shape index (κ1) is 47.3. The topological polar surface area (TPSA) is 95.9 Å². The van der Waals surface area contributed by atoms with Crippen molar-refractivity contribution in [3.63, 3.8) is 0 Å². The van der Waals surface area contributed by atoms with Gasteiger partial charge in [-0.15, -0.1) is 13.2 Å². The van der Waals surface area contributed by atoms with E-state index < -0.39 is 11.9 Å². The third-order valence-corrected chi connectivity index (χ3v) is 13.1. The van der Waals surface area contributed by atoms with E-state index in [9.17, 15) is 18.0 Å². The third-order valence-electron chi connectivity index (χ3n) is 12.4. The lowest BCUT2D eigenvalue weighted by Gasteiger charge is -2.37. The van der Waals surface area contributed by atoms with Crippen LogP contribution in [0.15, 0.2) is 109 Å². The van der Waals surface area contributed by atoms with Crippen molar-refractivity contribution in [2.24, 2.45) is 0 Å². The molecule has 0 radical (unpaired) electrons. The van der Waals surface area contributed by atoms with Gasteiger partial charge in [0.1, 0.15) is 17.0 Å². The minimum atomic E-state index is -4.78. The highest BCUT2D eigenvalue weighted by atomic mass is 35.5. The van der Waals surface area contributed by atoms with Crippen molar-refractivity contribution >= 4 is 40.0 Å². The van der Waals surface area contributed by atoms with Crippen LogP contribution in [0.1, 0.15) is 49.9 Å². The number of piperidine rings is 1. The molecule has 4 aromatic carbocycles. The predicted octanol–water partition coefficient (Wildman–Crippen LogP) is 10.1. The van der Waals surface area contributed by atoms with E-state index in [1.165, 1.54) is 12.1 Å². The molecule has 8 rings (SSSR count). The van der Waals surface area contributed by atoms with Crippen LogP contribution in [0, 0.1) is 0 Å². The van der Waals surface area contributed by atoms with Gasteiger partial charge in [0.2, 0.25) is 5.91 Å². The second-order valence-corrected chi connectivity index (χ2v) is 18.2. The summed E-state index contributed by atoms with van der Waals surface area (Å²) in [6.07, 6.45) is 1.13. The summed E-state index contributed by atoms with van der Waals surface area (Å²) in [5, 5.41) is 12.6. The van der Waals surface area contributed by atoms with Crippen LogP contribution in [0.5, 0.6) is 11.5 Å². The Morgan fingerprint density at radius 1 is 0.848 bits per heavy atom. The number of alkyl halides is 3. The number of rotatable bonds is 17. The number of hydrogen-bond acceptors (Lipinski definition) is 8. The van der Waals surface area contributed by atoms with Gasteiger partial charge < -0.3 is 24.7 Å². The third kappa shape index (κ3) is 11.9. The van der Waals surface area contributed by atoms with Gasteiger partial charge >= 0.3 is 6.36 Å². The number of aromatic nitrogens is 2. The lowest BCUT2D eigenvalue weighted by molar-refractivity contribution is -0.274. The zero-order valence-corrected chi connectivity index (χ0v) is 38.8. The number of ether oxygens (including phenoxy) is 2. The van der Waals surface area contributed by atoms with Crippen LogP contribution < -0.4 is 25.4 Å². The summed E-state index contributed by atoms with van der Waals surface area (Å²) in [4.78, 5) is 23.6. The molecule has 10 nitrogen and oxygen atoms in total. The molecule has 0 unspecified atom stereocenters. The van der Waals surface area contributed by atoms with E-state index in [1.807, 2.05) is 74.6 Å². The summed E-state index contributed by atoms with van der Waals surface area (Å²) in [5.41, 5.74) is 6.81. The van der Waals surface area contributed by atoms with Crippen molar-refractivity contribution in [2.75, 3.05) is 45.8 Å². The molecule has 0 aliphatic carbocycles. The number of aryl methyl sites for hydroxylation is 1. The van der Waals surface area contributed by atoms with Gasteiger partial charge in [0.25, 0.3) is 0 Å². The second-order valence-electron chi connectivity index (χ2n) is 17.4. The molecule has 66 heavy (non-hydrogen) atoms. The van der Waals surface area contributed by atoms with E-state index in [2.05, 4.69) is 59.5 Å². The molecule has 15 heteroatoms. The first-order valence-corrected chi connectivity index (χ1v) is 23.4. The van der Waals surface area contributed by atoms with Crippen molar-refractivity contribution in [1.82, 2.24) is 35.3 Å². The van der Waals surface area contributed by atoms with Crippen LogP contribution in [-0.4, -0.2) is 89.1 Å². The smallest absolute Gasteiger partial charge is 0.490 e. The normalized spacial score (nSPS) is 15.9. The summed E-state index contributed by atoms with van der Waals surface area (Å²) in [5.74, 6) is 0.511. The lowest BCUT2D eigenvalue weighted by Crippen LogP contribution is -2.61. The summed E-state index contributed by atoms with van der Waals surface area (Å²) in [7, 11) is 0. The number of hydrogen-bond donors (Lipinski definition) is 3. The van der Waals surface area contributed by atoms with E-state index in [1.54, 1.807) is 12.1 Å². The molecule has 4 heterocycles. The van der Waals surface area contributed by atoms with Crippen LogP contribution in [-0.2, 0) is 31.0 Å². The van der Waals surface area contributed by atoms with Gasteiger partial charge in [-0.3, -0.25) is 24.9 Å². The summed E-state index contributed by atoms with van der Waals surface area (Å²) < 4.78 is 51.4. The number of halogens is 5. The largest absolute Gasteiger partial charge is 0.573 e. The van der Waals surface area contributed by atoms with Crippen LogP contribution in [0.2, 0.25) is 10.0 Å². The van der Waals surface area contributed by atoms with E-state index in [-0.39, 0.29) is 17.8 Å². The zero-order valence-electron chi connectivity index (χ0n) is 37.3. The maximum absolute atomic E-state index is 14.0. The highest BCUT2D eigenvalue weighted by molar-refractivity contribution is 6.36. The molecule has 2 aliphatic heterocycles. The first-order chi connectivity index (χ1) is 31.8. The van der Waals surface area contributed by atoms with Gasteiger partial charge in [0, 0.05) is 114 Å². The Labute approximate surface area is 394 Å². The van der Waals surface area contributed by atoms with Gasteiger partial charge in [0.15, 0.2) is 0 Å². The molecule has 2 aromatic heterocycles. The molecule has 1 amide bonds. The van der Waals surface area contributed by atoms with Gasteiger partial charge in [-0.25, -0.2) is 0 Å². The molecule has 2 aliphatic rings. The Hall–Kier alpha value is -5.15. The first-order valence-electron chi connectivity index (χ1n) is 22.6. The lowest BCUT2D eigenvalue weighted by atomic mass is 9.87. The maximum Gasteiger partial charge on any atom is 0.573 e. The highest BCUT2D eigenvalue weighted by Crippen LogP contribution is 2.35. The molecular formula is C51H56Cl2F3N7O3. The standard InChI is InChI=1S/C51H56Cl2F3N7O3/c1-35(2)65-48-10-4-3-7-41(48)38-12-15-39(59-30-38)31-60-50(19-22-57-23-20-50)49(64)58-21-6-24-63-34-43(37-13-16-40(17-14-37)66-51(54,55)56)42-29-36(11-18-47(42)63)32-61-25-27-62(28-26-61)33-44-45(52)8-5-9-46(44)53/h3-5,7-18,29-30,34-35,57,60H,6,19-28,31-33H2,1-2H3,(H,58,64). The fourth-order valence-corrected chi connectivity index (χ4v) is 9.45. The molecule has 0 atom stereocenters. The van der Waals surface area contributed by atoms with E-state index >= 15 is 0 Å². The summed E-state index contributed by atoms with van der Waals surface area (Å²) in [6, 6.07) is 30.0. The number of piperazine rings is 1. The number of pyridine rings is 1. The molecular weight excluding hydrogens is 887 g/mol. The number of carbonyl (C=O) groups excluding carboxylic acids is 1. The number of benzene rings is 4. The number of carbonyl (C=O) groups is 1. The van der Waals surface area contributed by atoms with Gasteiger partial charge in [-0.2, -0.15) is 0 Å². The average molecular weight is 943 g/mol. The van der Waals surface area contributed by atoms with Crippen LogP contribution >= 0.6 is 23.2 Å². The number of nitrogens with zero attached hydrogens (tertiary/aromatic N) is 4. The molecule has 2 saturated heterocycles. The zero-order chi connectivity index (χ0) is 46.3. The van der Waals surface area contributed by atoms with Gasteiger partial charge in [0.05, 0.1) is 11.8 Å². The van der Waals surface area contributed by atoms with Crippen molar-refractivity contribution in [2.45, 2.75) is 77.3 Å². The quantitative estimate of drug-likeness (QED) is 0.0779. The van der Waals surface area contributed by atoms with Crippen molar-refractivity contribution in [3.8, 4) is 33.8 Å². The van der Waals surface area contributed by atoms with E-state index in [4.69, 9.17) is 32.9 Å². The molecule has 3 N–H and O–H groups in total. The van der Waals surface area contributed by atoms with Crippen molar-refractivity contribution < 1.29 is 27.4 Å². The molecule has 0 spiro atoms. The fraction of sp³-hybridized carbons (Fsp3) is 0.373. The molecule has 6 aromatic rings. The SMILES string of the molecule is CC(C)Oc1ccccc1-c1ccc(CNC2(C(=O)NCCCn3cc(-c4ccc(OC(F)(F)F)cc4)c4cc(CN5CCN(Cc6c(Cl)cccc6Cl)CC5)ccc43)CCNCC2)nc1. The molecule has 0 saturated carbocycles. The summed E-state index contributed by atoms with van der Waals surface area (Å²) >= 11 is 12.9.